The van der Waals surface area contributed by atoms with Crippen molar-refractivity contribution < 1.29 is 66.5 Å². The Labute approximate surface area is 174 Å². The van der Waals surface area contributed by atoms with Crippen LogP contribution in [0.2, 0.25) is 0 Å². The molecule has 3 aliphatic rings. The van der Waals surface area contributed by atoms with Gasteiger partial charge in [-0.15, -0.1) is 0 Å². The number of aliphatic hydroxyl groups excluding tert-OH is 3. The van der Waals surface area contributed by atoms with E-state index in [-0.39, 0.29) is 6.17 Å². The summed E-state index contributed by atoms with van der Waals surface area (Å²) in [6.45, 7) is -0.962. The third kappa shape index (κ3) is 6.21. The summed E-state index contributed by atoms with van der Waals surface area (Å²) in [4.78, 5) is 36.7. The molecule has 0 spiro atoms. The van der Waals surface area contributed by atoms with E-state index in [1.165, 1.54) is 6.20 Å². The molecule has 9 N–H and O–H groups in total. The monoisotopic (exact) mass is 511 g/mol. The minimum Gasteiger partial charge on any atom is -0.387 e. The second kappa shape index (κ2) is 8.91. The predicted molar refractivity (Wildman–Crippen MR) is 95.6 cm³/mol. The lowest BCUT2D eigenvalue weighted by molar-refractivity contribution is -0.146. The molecule has 17 nitrogen and oxygen atoms in total. The van der Waals surface area contributed by atoms with Gasteiger partial charge in [0.15, 0.2) is 12.6 Å². The third-order valence-corrected chi connectivity index (χ3v) is 8.02. The molecular formula is C11H20N3O14P3. The summed E-state index contributed by atoms with van der Waals surface area (Å²) in [6.07, 6.45) is -3.06. The SMILES string of the molecule is O=P(O)(O)OP(=O)(O)OP(=O)(O)OCC1OC(N2C=C3C=CNC3NC2O)C(O)C1O. The zero-order valence-electron chi connectivity index (χ0n) is 15.2. The van der Waals surface area contributed by atoms with Crippen LogP contribution in [0, 0.1) is 0 Å². The van der Waals surface area contributed by atoms with Gasteiger partial charge in [-0.1, -0.05) is 0 Å². The Bertz CT molecular complexity index is 892. The predicted octanol–water partition coefficient (Wildman–Crippen LogP) is -2.72. The standard InChI is InChI=1S/C11H20N3O14P3/c15-7-6(4-25-30(21,22)28-31(23,24)27-29(18,19)20)26-10(8(7)16)14-3-5-1-2-12-9(5)13-11(14)17/h1-3,6-13,15-17H,4H2,(H,21,22)(H,23,24)(H2,18,19,20). The summed E-state index contributed by atoms with van der Waals surface area (Å²) in [5.41, 5.74) is 0.673. The van der Waals surface area contributed by atoms with Gasteiger partial charge >= 0.3 is 23.5 Å². The topological polar surface area (TPSA) is 257 Å². The molecule has 0 aliphatic carbocycles. The molecule has 20 heteroatoms. The fraction of sp³-hybridized carbons (Fsp3) is 0.636. The number of phosphoric acid groups is 3. The van der Waals surface area contributed by atoms with Crippen molar-refractivity contribution in [3.63, 3.8) is 0 Å². The quantitative estimate of drug-likeness (QED) is 0.150. The lowest BCUT2D eigenvalue weighted by Crippen LogP contribution is -2.59. The van der Waals surface area contributed by atoms with Crippen LogP contribution in [-0.2, 0) is 31.6 Å². The molecule has 0 amide bonds. The van der Waals surface area contributed by atoms with E-state index in [0.717, 1.165) is 4.90 Å². The maximum absolute atomic E-state index is 11.8. The molecule has 0 bridgehead atoms. The number of hydrogen-bond acceptors (Lipinski definition) is 13. The molecule has 31 heavy (non-hydrogen) atoms. The first-order valence-electron chi connectivity index (χ1n) is 8.33. The second-order valence-corrected chi connectivity index (χ2v) is 10.9. The van der Waals surface area contributed by atoms with Crippen LogP contribution in [0.5, 0.6) is 0 Å². The average Bonchev–Trinajstić information content (AvgIpc) is 3.14. The van der Waals surface area contributed by atoms with E-state index in [0.29, 0.717) is 5.57 Å². The number of hydrogen-bond donors (Lipinski definition) is 9. The normalized spacial score (nSPS) is 37.0. The molecule has 1 saturated heterocycles. The van der Waals surface area contributed by atoms with E-state index in [1.807, 2.05) is 0 Å². The fourth-order valence-electron chi connectivity index (χ4n) is 2.97. The summed E-state index contributed by atoms with van der Waals surface area (Å²) in [6, 6.07) is 0. The second-order valence-electron chi connectivity index (χ2n) is 6.48. The van der Waals surface area contributed by atoms with Crippen molar-refractivity contribution in [1.82, 2.24) is 15.5 Å². The molecule has 0 aromatic rings. The number of nitrogens with one attached hydrogen (secondary N) is 2. The van der Waals surface area contributed by atoms with Crippen LogP contribution in [0.15, 0.2) is 24.0 Å². The van der Waals surface area contributed by atoms with Gasteiger partial charge < -0.3 is 49.8 Å². The lowest BCUT2D eigenvalue weighted by atomic mass is 10.1. The molecule has 8 unspecified atom stereocenters. The maximum Gasteiger partial charge on any atom is 0.490 e. The minimum absolute atomic E-state index is 0.379. The van der Waals surface area contributed by atoms with Crippen LogP contribution in [0.1, 0.15) is 0 Å². The highest BCUT2D eigenvalue weighted by molar-refractivity contribution is 7.66. The van der Waals surface area contributed by atoms with Crippen molar-refractivity contribution in [2.24, 2.45) is 0 Å². The first-order valence-corrected chi connectivity index (χ1v) is 12.9. The molecule has 1 fully saturated rings. The highest BCUT2D eigenvalue weighted by atomic mass is 31.3. The van der Waals surface area contributed by atoms with Gasteiger partial charge in [0.05, 0.1) is 6.61 Å². The molecule has 3 heterocycles. The minimum atomic E-state index is -5.70. The van der Waals surface area contributed by atoms with Gasteiger partial charge in [-0.05, 0) is 12.3 Å². The molecule has 8 atom stereocenters. The van der Waals surface area contributed by atoms with Crippen LogP contribution < -0.4 is 10.6 Å². The average molecular weight is 511 g/mol. The van der Waals surface area contributed by atoms with Crippen molar-refractivity contribution in [3.05, 3.63) is 24.0 Å². The third-order valence-electron chi connectivity index (χ3n) is 4.22. The first kappa shape index (κ1) is 24.9. The molecule has 0 radical (unpaired) electrons. The maximum atomic E-state index is 11.8. The molecule has 3 aliphatic heterocycles. The fourth-order valence-corrected chi connectivity index (χ4v) is 6.00. The first-order chi connectivity index (χ1) is 14.2. The van der Waals surface area contributed by atoms with E-state index >= 15 is 0 Å². The van der Waals surface area contributed by atoms with E-state index < -0.39 is 61.0 Å². The Kier molecular flexibility index (Phi) is 7.16. The van der Waals surface area contributed by atoms with Crippen LogP contribution in [-0.4, -0.2) is 83.5 Å². The van der Waals surface area contributed by atoms with Crippen LogP contribution in [0.4, 0.5) is 0 Å². The number of nitrogens with zero attached hydrogens (tertiary/aromatic N) is 1. The smallest absolute Gasteiger partial charge is 0.387 e. The van der Waals surface area contributed by atoms with Crippen LogP contribution in [0.3, 0.4) is 0 Å². The number of rotatable bonds is 8. The zero-order chi connectivity index (χ0) is 23.2. The van der Waals surface area contributed by atoms with Gasteiger partial charge in [0, 0.05) is 11.8 Å². The highest BCUT2D eigenvalue weighted by Gasteiger charge is 2.49. The van der Waals surface area contributed by atoms with Gasteiger partial charge in [-0.2, -0.15) is 8.62 Å². The van der Waals surface area contributed by atoms with Crippen molar-refractivity contribution in [3.8, 4) is 0 Å². The Balaban J connectivity index is 1.62. The molecule has 0 saturated carbocycles. The van der Waals surface area contributed by atoms with E-state index in [2.05, 4.69) is 23.8 Å². The van der Waals surface area contributed by atoms with Gasteiger partial charge in [-0.25, -0.2) is 13.7 Å². The molecule has 178 valence electrons. The van der Waals surface area contributed by atoms with Gasteiger partial charge in [0.1, 0.15) is 24.5 Å². The number of fused-ring (bicyclic) bond motifs is 1. The summed E-state index contributed by atoms with van der Waals surface area (Å²) in [7, 11) is -16.7. The van der Waals surface area contributed by atoms with E-state index in [1.54, 1.807) is 12.3 Å². The Hall–Kier alpha value is -0.710. The van der Waals surface area contributed by atoms with Crippen LogP contribution in [0.25, 0.3) is 0 Å². The summed E-state index contributed by atoms with van der Waals surface area (Å²) in [5.74, 6) is 0. The summed E-state index contributed by atoms with van der Waals surface area (Å²) < 4.78 is 50.6. The number of phosphoric ester groups is 1. The van der Waals surface area contributed by atoms with E-state index in [4.69, 9.17) is 19.4 Å². The van der Waals surface area contributed by atoms with Gasteiger partial charge in [0.2, 0.25) is 0 Å². The number of ether oxygens (including phenoxy) is 1. The molecule has 0 aromatic heterocycles. The zero-order valence-corrected chi connectivity index (χ0v) is 17.9. The lowest BCUT2D eigenvalue weighted by Gasteiger charge is -2.39. The molecule has 3 rings (SSSR count). The molecule has 0 aromatic carbocycles. The van der Waals surface area contributed by atoms with Crippen molar-refractivity contribution in [2.75, 3.05) is 6.61 Å². The summed E-state index contributed by atoms with van der Waals surface area (Å²) in [5, 5.41) is 36.3. The highest BCUT2D eigenvalue weighted by Crippen LogP contribution is 2.66. The van der Waals surface area contributed by atoms with Crippen molar-refractivity contribution in [2.45, 2.75) is 37.1 Å². The Morgan fingerprint density at radius 3 is 2.35 bits per heavy atom. The summed E-state index contributed by atoms with van der Waals surface area (Å²) >= 11 is 0. The van der Waals surface area contributed by atoms with Crippen molar-refractivity contribution >= 4 is 23.5 Å². The van der Waals surface area contributed by atoms with Gasteiger partial charge in [-0.3, -0.25) is 9.84 Å². The van der Waals surface area contributed by atoms with Crippen LogP contribution >= 0.6 is 23.5 Å². The van der Waals surface area contributed by atoms with Crippen molar-refractivity contribution in [1.29, 1.82) is 0 Å². The number of aliphatic hydroxyl groups is 3. The Morgan fingerprint density at radius 1 is 1.03 bits per heavy atom. The molecular weight excluding hydrogens is 491 g/mol. The Morgan fingerprint density at radius 2 is 1.71 bits per heavy atom. The van der Waals surface area contributed by atoms with Gasteiger partial charge in [0.25, 0.3) is 0 Å². The largest absolute Gasteiger partial charge is 0.490 e. The van der Waals surface area contributed by atoms with E-state index in [9.17, 15) is 33.9 Å².